The quantitative estimate of drug-likeness (QED) is 0.756. The van der Waals surface area contributed by atoms with Crippen molar-refractivity contribution in [1.82, 2.24) is 5.32 Å². The number of nitrogens with one attached hydrogen (secondary N) is 1. The molecule has 0 saturated carbocycles. The smallest absolute Gasteiger partial charge is 0.244 e. The highest BCUT2D eigenvalue weighted by molar-refractivity contribution is 7.93. The summed E-state index contributed by atoms with van der Waals surface area (Å²) in [6.45, 7) is 6.89. The number of amides is 1. The SMILES string of the molecule is CC(C)CCC(C)NC(=O)/C=C/c1ccc(N2CCCS2(=O)=O)cc1. The normalized spacial score (nSPS) is 18.0. The Labute approximate surface area is 151 Å². The summed E-state index contributed by atoms with van der Waals surface area (Å²) in [6.07, 6.45) is 5.99. The van der Waals surface area contributed by atoms with Crippen LogP contribution in [0, 0.1) is 5.92 Å². The summed E-state index contributed by atoms with van der Waals surface area (Å²) in [7, 11) is -3.15. The van der Waals surface area contributed by atoms with Gasteiger partial charge in [0.25, 0.3) is 0 Å². The first-order valence-electron chi connectivity index (χ1n) is 8.87. The fraction of sp³-hybridized carbons (Fsp3) is 0.526. The topological polar surface area (TPSA) is 66.5 Å². The Kier molecular flexibility index (Phi) is 6.64. The highest BCUT2D eigenvalue weighted by atomic mass is 32.2. The van der Waals surface area contributed by atoms with Crippen LogP contribution < -0.4 is 9.62 Å². The van der Waals surface area contributed by atoms with Gasteiger partial charge in [0.05, 0.1) is 11.4 Å². The first kappa shape index (κ1) is 19.5. The number of carbonyl (C=O) groups is 1. The molecule has 5 nitrogen and oxygen atoms in total. The Morgan fingerprint density at radius 2 is 1.88 bits per heavy atom. The van der Waals surface area contributed by atoms with Crippen molar-refractivity contribution in [2.24, 2.45) is 5.92 Å². The van der Waals surface area contributed by atoms with E-state index < -0.39 is 10.0 Å². The van der Waals surface area contributed by atoms with Crippen molar-refractivity contribution < 1.29 is 13.2 Å². The van der Waals surface area contributed by atoms with Crippen molar-refractivity contribution in [2.75, 3.05) is 16.6 Å². The van der Waals surface area contributed by atoms with Gasteiger partial charge in [0.2, 0.25) is 15.9 Å². The van der Waals surface area contributed by atoms with Gasteiger partial charge in [-0.25, -0.2) is 8.42 Å². The second-order valence-corrected chi connectivity index (χ2v) is 9.06. The summed E-state index contributed by atoms with van der Waals surface area (Å²) in [5, 5.41) is 2.96. The van der Waals surface area contributed by atoms with Gasteiger partial charge in [-0.2, -0.15) is 0 Å². The summed E-state index contributed by atoms with van der Waals surface area (Å²) in [6, 6.07) is 7.38. The van der Waals surface area contributed by atoms with E-state index in [1.807, 2.05) is 19.1 Å². The second-order valence-electron chi connectivity index (χ2n) is 7.05. The van der Waals surface area contributed by atoms with E-state index in [1.165, 1.54) is 10.4 Å². The lowest BCUT2D eigenvalue weighted by Crippen LogP contribution is -2.31. The predicted molar refractivity (Wildman–Crippen MR) is 103 cm³/mol. The van der Waals surface area contributed by atoms with E-state index in [4.69, 9.17) is 0 Å². The molecular formula is C19H28N2O3S. The molecule has 1 saturated heterocycles. The lowest BCUT2D eigenvalue weighted by Gasteiger charge is -2.16. The van der Waals surface area contributed by atoms with Gasteiger partial charge >= 0.3 is 0 Å². The van der Waals surface area contributed by atoms with E-state index in [1.54, 1.807) is 18.2 Å². The Morgan fingerprint density at radius 1 is 1.20 bits per heavy atom. The standard InChI is InChI=1S/C19H28N2O3S/c1-15(2)5-6-16(3)20-19(22)12-9-17-7-10-18(11-8-17)21-13-4-14-25(21,23)24/h7-12,15-16H,4-6,13-14H2,1-3H3,(H,20,22)/b12-9+. The number of hydrogen-bond acceptors (Lipinski definition) is 3. The molecule has 0 aromatic heterocycles. The molecule has 0 radical (unpaired) electrons. The van der Waals surface area contributed by atoms with Gasteiger partial charge in [-0.1, -0.05) is 26.0 Å². The molecule has 1 aromatic rings. The number of benzene rings is 1. The lowest BCUT2D eigenvalue weighted by atomic mass is 10.0. The minimum atomic E-state index is -3.15. The van der Waals surface area contributed by atoms with Crippen molar-refractivity contribution >= 4 is 27.7 Å². The van der Waals surface area contributed by atoms with Crippen LogP contribution in [0.1, 0.15) is 45.6 Å². The summed E-state index contributed by atoms with van der Waals surface area (Å²) in [5.74, 6) is 0.736. The van der Waals surface area contributed by atoms with Crippen molar-refractivity contribution in [1.29, 1.82) is 0 Å². The van der Waals surface area contributed by atoms with Crippen LogP contribution in [0.3, 0.4) is 0 Å². The van der Waals surface area contributed by atoms with Crippen LogP contribution in [0.25, 0.3) is 6.08 Å². The molecule has 1 heterocycles. The van der Waals surface area contributed by atoms with Gasteiger partial charge in [-0.3, -0.25) is 9.10 Å². The Bertz CT molecular complexity index is 709. The molecule has 2 rings (SSSR count). The average molecular weight is 365 g/mol. The van der Waals surface area contributed by atoms with Gasteiger partial charge < -0.3 is 5.32 Å². The Hall–Kier alpha value is -1.82. The predicted octanol–water partition coefficient (Wildman–Crippen LogP) is 3.18. The molecule has 1 fully saturated rings. The van der Waals surface area contributed by atoms with Gasteiger partial charge in [0.15, 0.2) is 0 Å². The zero-order valence-corrected chi connectivity index (χ0v) is 16.1. The molecule has 1 aliphatic rings. The molecule has 1 atom stereocenters. The first-order valence-corrected chi connectivity index (χ1v) is 10.5. The van der Waals surface area contributed by atoms with Crippen LogP contribution in [0.2, 0.25) is 0 Å². The minimum absolute atomic E-state index is 0.109. The van der Waals surface area contributed by atoms with E-state index in [0.29, 0.717) is 24.6 Å². The highest BCUT2D eigenvalue weighted by Crippen LogP contribution is 2.24. The summed E-state index contributed by atoms with van der Waals surface area (Å²) in [5.41, 5.74) is 1.55. The van der Waals surface area contributed by atoms with Crippen molar-refractivity contribution in [2.45, 2.75) is 46.1 Å². The van der Waals surface area contributed by atoms with E-state index in [9.17, 15) is 13.2 Å². The van der Waals surface area contributed by atoms with Gasteiger partial charge in [0.1, 0.15) is 0 Å². The van der Waals surface area contributed by atoms with Crippen molar-refractivity contribution in [3.8, 4) is 0 Å². The highest BCUT2D eigenvalue weighted by Gasteiger charge is 2.28. The minimum Gasteiger partial charge on any atom is -0.350 e. The fourth-order valence-corrected chi connectivity index (χ4v) is 4.36. The van der Waals surface area contributed by atoms with Crippen LogP contribution in [0.4, 0.5) is 5.69 Å². The third-order valence-electron chi connectivity index (χ3n) is 4.27. The van der Waals surface area contributed by atoms with Gasteiger partial charge in [-0.15, -0.1) is 0 Å². The molecule has 1 amide bonds. The summed E-state index contributed by atoms with van der Waals surface area (Å²) < 4.78 is 25.3. The zero-order chi connectivity index (χ0) is 18.4. The largest absolute Gasteiger partial charge is 0.350 e. The monoisotopic (exact) mass is 364 g/mol. The number of rotatable bonds is 7. The molecule has 0 bridgehead atoms. The molecule has 1 aromatic carbocycles. The van der Waals surface area contributed by atoms with Crippen LogP contribution in [-0.2, 0) is 14.8 Å². The van der Waals surface area contributed by atoms with E-state index in [0.717, 1.165) is 18.4 Å². The fourth-order valence-electron chi connectivity index (χ4n) is 2.80. The Balaban J connectivity index is 1.90. The molecule has 1 aliphatic heterocycles. The summed E-state index contributed by atoms with van der Waals surface area (Å²) >= 11 is 0. The van der Waals surface area contributed by atoms with E-state index in [2.05, 4.69) is 19.2 Å². The lowest BCUT2D eigenvalue weighted by molar-refractivity contribution is -0.117. The maximum atomic E-state index is 11.9. The van der Waals surface area contributed by atoms with Crippen molar-refractivity contribution in [3.05, 3.63) is 35.9 Å². The number of hydrogen-bond donors (Lipinski definition) is 1. The van der Waals surface area contributed by atoms with Crippen LogP contribution in [0.15, 0.2) is 30.3 Å². The third kappa shape index (κ3) is 5.88. The van der Waals surface area contributed by atoms with Crippen molar-refractivity contribution in [3.63, 3.8) is 0 Å². The number of nitrogens with zero attached hydrogens (tertiary/aromatic N) is 1. The first-order chi connectivity index (χ1) is 11.8. The molecule has 25 heavy (non-hydrogen) atoms. The molecular weight excluding hydrogens is 336 g/mol. The molecule has 6 heteroatoms. The van der Waals surface area contributed by atoms with Crippen LogP contribution >= 0.6 is 0 Å². The molecule has 138 valence electrons. The number of sulfonamides is 1. The zero-order valence-electron chi connectivity index (χ0n) is 15.2. The third-order valence-corrected chi connectivity index (χ3v) is 6.14. The summed E-state index contributed by atoms with van der Waals surface area (Å²) in [4.78, 5) is 11.9. The number of anilines is 1. The van der Waals surface area contributed by atoms with Gasteiger partial charge in [-0.05, 0) is 55.9 Å². The van der Waals surface area contributed by atoms with E-state index in [-0.39, 0.29) is 17.7 Å². The van der Waals surface area contributed by atoms with Crippen LogP contribution in [-0.4, -0.2) is 32.7 Å². The maximum absolute atomic E-state index is 11.9. The number of carbonyl (C=O) groups excluding carboxylic acids is 1. The van der Waals surface area contributed by atoms with E-state index >= 15 is 0 Å². The molecule has 1 unspecified atom stereocenters. The maximum Gasteiger partial charge on any atom is 0.244 e. The molecule has 0 aliphatic carbocycles. The van der Waals surface area contributed by atoms with Gasteiger partial charge in [0, 0.05) is 18.7 Å². The average Bonchev–Trinajstić information content (AvgIpc) is 2.91. The van der Waals surface area contributed by atoms with Crippen LogP contribution in [0.5, 0.6) is 0 Å². The molecule has 1 N–H and O–H groups in total. The Morgan fingerprint density at radius 3 is 2.44 bits per heavy atom. The molecule has 0 spiro atoms. The second kappa shape index (κ2) is 8.52.